The van der Waals surface area contributed by atoms with Gasteiger partial charge >= 0.3 is 0 Å². The number of aromatic nitrogens is 4. The van der Waals surface area contributed by atoms with Gasteiger partial charge in [0, 0.05) is 25.5 Å². The fraction of sp³-hybridized carbons (Fsp3) is 0.474. The van der Waals surface area contributed by atoms with Gasteiger partial charge in [0.2, 0.25) is 11.8 Å². The molecule has 158 valence electrons. The second-order valence-electron chi connectivity index (χ2n) is 7.68. The lowest BCUT2D eigenvalue weighted by Gasteiger charge is -2.41. The fourth-order valence-corrected chi connectivity index (χ4v) is 4.87. The minimum Gasteiger partial charge on any atom is -0.463 e. The van der Waals surface area contributed by atoms with E-state index in [1.54, 1.807) is 12.4 Å². The zero-order valence-electron chi connectivity index (χ0n) is 16.2. The van der Waals surface area contributed by atoms with Gasteiger partial charge in [0.05, 0.1) is 17.2 Å². The van der Waals surface area contributed by atoms with Crippen LogP contribution in [0.25, 0.3) is 5.57 Å². The molecule has 0 bridgehead atoms. The SMILES string of the molecule is O=S1COc2nc(N3CC=C(c4ncc(Cl)cn4)CC3)nc(NC3(CO)CCC3)c21. The molecular weight excluding hydrogens is 428 g/mol. The van der Waals surface area contributed by atoms with Crippen LogP contribution in [0, 0.1) is 0 Å². The van der Waals surface area contributed by atoms with Crippen LogP contribution < -0.4 is 15.0 Å². The molecule has 2 aromatic rings. The van der Waals surface area contributed by atoms with E-state index in [0.29, 0.717) is 46.5 Å². The number of ether oxygens (including phenoxy) is 1. The Balaban J connectivity index is 1.42. The average molecular weight is 449 g/mol. The van der Waals surface area contributed by atoms with E-state index in [9.17, 15) is 9.32 Å². The Morgan fingerprint density at radius 1 is 1.30 bits per heavy atom. The highest BCUT2D eigenvalue weighted by atomic mass is 35.5. The zero-order valence-corrected chi connectivity index (χ0v) is 17.7. The minimum absolute atomic E-state index is 0.00546. The smallest absolute Gasteiger partial charge is 0.238 e. The van der Waals surface area contributed by atoms with Crippen molar-refractivity contribution >= 4 is 39.7 Å². The van der Waals surface area contributed by atoms with Gasteiger partial charge in [0.25, 0.3) is 0 Å². The first kappa shape index (κ1) is 19.7. The van der Waals surface area contributed by atoms with Gasteiger partial charge in [-0.2, -0.15) is 9.97 Å². The highest BCUT2D eigenvalue weighted by molar-refractivity contribution is 7.85. The molecule has 0 saturated heterocycles. The summed E-state index contributed by atoms with van der Waals surface area (Å²) in [5.41, 5.74) is 0.640. The van der Waals surface area contributed by atoms with Crippen LogP contribution in [-0.4, -0.2) is 60.4 Å². The molecule has 0 spiro atoms. The van der Waals surface area contributed by atoms with E-state index in [0.717, 1.165) is 31.3 Å². The number of hydrogen-bond acceptors (Lipinski definition) is 9. The first-order chi connectivity index (χ1) is 14.6. The molecule has 4 heterocycles. The van der Waals surface area contributed by atoms with Crippen molar-refractivity contribution in [2.24, 2.45) is 0 Å². The summed E-state index contributed by atoms with van der Waals surface area (Å²) in [6.45, 7) is 1.28. The highest BCUT2D eigenvalue weighted by Crippen LogP contribution is 2.40. The van der Waals surface area contributed by atoms with Gasteiger partial charge in [0.15, 0.2) is 17.6 Å². The van der Waals surface area contributed by atoms with Gasteiger partial charge in [-0.3, -0.25) is 4.21 Å². The standard InChI is InChI=1S/C19H21ClN6O3S/c20-13-8-21-15(22-9-13)12-2-6-26(7-3-12)18-23-16(25-19(10-27)4-1-5-19)14-17(24-18)29-11-30(14)28/h2,8-9,27H,1,3-7,10-11H2,(H,23,24,25). The Bertz CT molecular complexity index is 1020. The van der Waals surface area contributed by atoms with Gasteiger partial charge in [-0.1, -0.05) is 17.7 Å². The van der Waals surface area contributed by atoms with E-state index in [-0.39, 0.29) is 12.5 Å². The van der Waals surface area contributed by atoms with Crippen LogP contribution in [0.4, 0.5) is 11.8 Å². The van der Waals surface area contributed by atoms with Gasteiger partial charge in [0.1, 0.15) is 15.7 Å². The summed E-state index contributed by atoms with van der Waals surface area (Å²) in [5, 5.41) is 13.7. The topological polar surface area (TPSA) is 113 Å². The van der Waals surface area contributed by atoms with Crippen LogP contribution in [0.3, 0.4) is 0 Å². The molecule has 11 heteroatoms. The van der Waals surface area contributed by atoms with Crippen LogP contribution in [0.1, 0.15) is 31.5 Å². The summed E-state index contributed by atoms with van der Waals surface area (Å²) in [6, 6.07) is 0. The number of rotatable bonds is 5. The number of aliphatic hydroxyl groups is 1. The maximum atomic E-state index is 12.4. The molecular formula is C19H21ClN6O3S. The van der Waals surface area contributed by atoms with Crippen LogP contribution in [-0.2, 0) is 10.8 Å². The molecule has 2 N–H and O–H groups in total. The summed E-state index contributed by atoms with van der Waals surface area (Å²) in [5.74, 6) is 2.10. The Morgan fingerprint density at radius 3 is 2.73 bits per heavy atom. The zero-order chi connectivity index (χ0) is 20.7. The monoisotopic (exact) mass is 448 g/mol. The molecule has 0 radical (unpaired) electrons. The van der Waals surface area contributed by atoms with E-state index >= 15 is 0 Å². The molecule has 1 fully saturated rings. The third-order valence-corrected chi connectivity index (χ3v) is 7.10. The van der Waals surface area contributed by atoms with Crippen molar-refractivity contribution in [1.29, 1.82) is 0 Å². The number of hydrogen-bond donors (Lipinski definition) is 2. The van der Waals surface area contributed by atoms with Crippen LogP contribution in [0.2, 0.25) is 5.02 Å². The summed E-state index contributed by atoms with van der Waals surface area (Å²) >= 11 is 5.87. The van der Waals surface area contributed by atoms with Crippen LogP contribution in [0.15, 0.2) is 23.4 Å². The predicted octanol–water partition coefficient (Wildman–Crippen LogP) is 2.00. The molecule has 3 aliphatic rings. The Kier molecular flexibility index (Phi) is 5.08. The normalized spacial score (nSPS) is 22.0. The molecule has 30 heavy (non-hydrogen) atoms. The first-order valence-corrected chi connectivity index (χ1v) is 11.5. The minimum atomic E-state index is -1.32. The number of nitrogens with zero attached hydrogens (tertiary/aromatic N) is 5. The lowest BCUT2D eigenvalue weighted by atomic mass is 9.77. The maximum absolute atomic E-state index is 12.4. The molecule has 2 aliphatic heterocycles. The molecule has 1 saturated carbocycles. The van der Waals surface area contributed by atoms with E-state index in [2.05, 4.69) is 31.3 Å². The summed E-state index contributed by atoms with van der Waals surface area (Å²) in [4.78, 5) is 20.3. The predicted molar refractivity (Wildman–Crippen MR) is 113 cm³/mol. The summed E-state index contributed by atoms with van der Waals surface area (Å²) in [6.07, 6.45) is 8.71. The highest BCUT2D eigenvalue weighted by Gasteiger charge is 2.39. The van der Waals surface area contributed by atoms with Crippen molar-refractivity contribution in [3.05, 3.63) is 29.3 Å². The average Bonchev–Trinajstić information content (AvgIpc) is 3.12. The van der Waals surface area contributed by atoms with Gasteiger partial charge in [-0.15, -0.1) is 0 Å². The van der Waals surface area contributed by atoms with Gasteiger partial charge in [-0.25, -0.2) is 9.97 Å². The first-order valence-electron chi connectivity index (χ1n) is 9.81. The number of nitrogens with one attached hydrogen (secondary N) is 1. The van der Waals surface area contributed by atoms with E-state index in [1.165, 1.54) is 0 Å². The van der Waals surface area contributed by atoms with E-state index in [1.807, 2.05) is 4.90 Å². The van der Waals surface area contributed by atoms with Crippen molar-refractivity contribution in [3.63, 3.8) is 0 Å². The second-order valence-corrected chi connectivity index (χ2v) is 9.45. The van der Waals surface area contributed by atoms with Crippen LogP contribution in [0.5, 0.6) is 5.88 Å². The van der Waals surface area contributed by atoms with E-state index < -0.39 is 16.3 Å². The number of fused-ring (bicyclic) bond motifs is 1. The summed E-state index contributed by atoms with van der Waals surface area (Å²) < 4.78 is 18.0. The molecule has 1 atom stereocenters. The maximum Gasteiger partial charge on any atom is 0.238 e. The quantitative estimate of drug-likeness (QED) is 0.708. The van der Waals surface area contributed by atoms with Crippen molar-refractivity contribution in [1.82, 2.24) is 19.9 Å². The molecule has 0 aromatic carbocycles. The molecule has 5 rings (SSSR count). The number of halogens is 1. The van der Waals surface area contributed by atoms with Crippen molar-refractivity contribution in [2.45, 2.75) is 36.1 Å². The lowest BCUT2D eigenvalue weighted by Crippen LogP contribution is -2.48. The third kappa shape index (κ3) is 3.52. The number of aliphatic hydroxyl groups excluding tert-OH is 1. The number of anilines is 2. The fourth-order valence-electron chi connectivity index (χ4n) is 3.83. The Hall–Kier alpha value is -2.30. The summed E-state index contributed by atoms with van der Waals surface area (Å²) in [7, 11) is -1.32. The van der Waals surface area contributed by atoms with Crippen molar-refractivity contribution in [3.8, 4) is 5.88 Å². The van der Waals surface area contributed by atoms with E-state index in [4.69, 9.17) is 16.3 Å². The largest absolute Gasteiger partial charge is 0.463 e. The molecule has 1 unspecified atom stereocenters. The second kappa shape index (κ2) is 7.75. The van der Waals surface area contributed by atoms with Gasteiger partial charge in [-0.05, 0) is 31.3 Å². The van der Waals surface area contributed by atoms with Crippen molar-refractivity contribution < 1.29 is 14.1 Å². The lowest BCUT2D eigenvalue weighted by molar-refractivity contribution is 0.143. The third-order valence-electron chi connectivity index (χ3n) is 5.75. The Labute approximate surface area is 181 Å². The molecule has 2 aromatic heterocycles. The Morgan fingerprint density at radius 2 is 2.10 bits per heavy atom. The molecule has 0 amide bonds. The molecule has 9 nitrogen and oxygen atoms in total. The molecule has 1 aliphatic carbocycles. The van der Waals surface area contributed by atoms with Crippen molar-refractivity contribution in [2.75, 3.05) is 35.9 Å². The van der Waals surface area contributed by atoms with Crippen LogP contribution >= 0.6 is 11.6 Å². The van der Waals surface area contributed by atoms with Gasteiger partial charge < -0.3 is 20.1 Å².